The van der Waals surface area contributed by atoms with Crippen LogP contribution in [0.5, 0.6) is 0 Å². The molecule has 0 saturated carbocycles. The van der Waals surface area contributed by atoms with Crippen molar-refractivity contribution >= 4 is 5.97 Å². The molecule has 1 atom stereocenters. The lowest BCUT2D eigenvalue weighted by atomic mass is 9.90. The highest BCUT2D eigenvalue weighted by atomic mass is 16.4. The second-order valence-electron chi connectivity index (χ2n) is 3.35. The Morgan fingerprint density at radius 3 is 2.62 bits per heavy atom. The summed E-state index contributed by atoms with van der Waals surface area (Å²) in [6.45, 7) is 3.79. The Kier molecular flexibility index (Phi) is 3.01. The Morgan fingerprint density at radius 1 is 1.54 bits per heavy atom. The normalized spacial score (nSPS) is 12.8. The maximum absolute atomic E-state index is 10.9. The number of rotatable bonds is 3. The predicted molar refractivity (Wildman–Crippen MR) is 49.5 cm³/mol. The molecule has 1 aromatic rings. The van der Waals surface area contributed by atoms with E-state index in [0.29, 0.717) is 0 Å². The topological polar surface area (TPSA) is 50.2 Å². The van der Waals surface area contributed by atoms with Crippen molar-refractivity contribution in [2.24, 2.45) is 5.92 Å². The van der Waals surface area contributed by atoms with Crippen LogP contribution in [0.3, 0.4) is 0 Å². The van der Waals surface area contributed by atoms with E-state index in [1.54, 1.807) is 24.5 Å². The van der Waals surface area contributed by atoms with Gasteiger partial charge in [0.1, 0.15) is 0 Å². The summed E-state index contributed by atoms with van der Waals surface area (Å²) in [7, 11) is 0. The zero-order valence-corrected chi connectivity index (χ0v) is 7.77. The molecule has 0 saturated heterocycles. The number of carbonyl (C=O) groups is 1. The minimum Gasteiger partial charge on any atom is -0.481 e. The highest BCUT2D eigenvalue weighted by Crippen LogP contribution is 2.23. The molecule has 1 N–H and O–H groups in total. The molecule has 3 heteroatoms. The van der Waals surface area contributed by atoms with Gasteiger partial charge in [-0.05, 0) is 17.5 Å². The van der Waals surface area contributed by atoms with Crippen LogP contribution in [0, 0.1) is 5.92 Å². The minimum absolute atomic E-state index is 0.0849. The van der Waals surface area contributed by atoms with Gasteiger partial charge in [-0.1, -0.05) is 19.9 Å². The summed E-state index contributed by atoms with van der Waals surface area (Å²) in [4.78, 5) is 14.8. The van der Waals surface area contributed by atoms with Crippen molar-refractivity contribution in [2.75, 3.05) is 0 Å². The summed E-state index contributed by atoms with van der Waals surface area (Å²) in [5.74, 6) is -1.15. The smallest absolute Gasteiger partial charge is 0.311 e. The molecule has 0 aliphatic carbocycles. The molecule has 0 fully saturated rings. The molecular weight excluding hydrogens is 166 g/mol. The summed E-state index contributed by atoms with van der Waals surface area (Å²) in [6, 6.07) is 3.56. The van der Waals surface area contributed by atoms with Crippen LogP contribution in [0.15, 0.2) is 24.5 Å². The fourth-order valence-corrected chi connectivity index (χ4v) is 1.37. The van der Waals surface area contributed by atoms with Gasteiger partial charge >= 0.3 is 5.97 Å². The average Bonchev–Trinajstić information content (AvgIpc) is 2.04. The largest absolute Gasteiger partial charge is 0.481 e. The standard InChI is InChI=1S/C10H13NO2/c1-7(2)9(10(12)13)8-4-3-5-11-6-8/h3-7,9H,1-2H3,(H,12,13)/t9-/m0/s1. The van der Waals surface area contributed by atoms with Crippen LogP contribution in [0.25, 0.3) is 0 Å². The monoisotopic (exact) mass is 179 g/mol. The summed E-state index contributed by atoms with van der Waals surface area (Å²) in [6.07, 6.45) is 3.25. The zero-order valence-electron chi connectivity index (χ0n) is 7.77. The Hall–Kier alpha value is -1.38. The van der Waals surface area contributed by atoms with Crippen molar-refractivity contribution in [2.45, 2.75) is 19.8 Å². The van der Waals surface area contributed by atoms with Crippen LogP contribution in [0.2, 0.25) is 0 Å². The van der Waals surface area contributed by atoms with Crippen LogP contribution in [0.1, 0.15) is 25.3 Å². The Morgan fingerprint density at radius 2 is 2.23 bits per heavy atom. The zero-order chi connectivity index (χ0) is 9.84. The van der Waals surface area contributed by atoms with E-state index in [1.807, 2.05) is 13.8 Å². The second-order valence-corrected chi connectivity index (χ2v) is 3.35. The molecule has 0 aliphatic rings. The lowest BCUT2D eigenvalue weighted by Gasteiger charge is -2.15. The second kappa shape index (κ2) is 4.03. The first-order valence-electron chi connectivity index (χ1n) is 4.25. The van der Waals surface area contributed by atoms with Gasteiger partial charge in [0, 0.05) is 12.4 Å². The molecule has 0 amide bonds. The van der Waals surface area contributed by atoms with Crippen LogP contribution >= 0.6 is 0 Å². The van der Waals surface area contributed by atoms with E-state index in [1.165, 1.54) is 0 Å². The summed E-state index contributed by atoms with van der Waals surface area (Å²) >= 11 is 0. The molecule has 1 rings (SSSR count). The maximum atomic E-state index is 10.9. The number of nitrogens with zero attached hydrogens (tertiary/aromatic N) is 1. The molecule has 1 aromatic heterocycles. The third kappa shape index (κ3) is 2.28. The highest BCUT2D eigenvalue weighted by Gasteiger charge is 2.23. The maximum Gasteiger partial charge on any atom is 0.311 e. The molecule has 0 radical (unpaired) electrons. The van der Waals surface area contributed by atoms with Gasteiger partial charge < -0.3 is 5.11 Å². The molecule has 0 bridgehead atoms. The molecule has 1 heterocycles. The number of aromatic nitrogens is 1. The van der Waals surface area contributed by atoms with Crippen molar-refractivity contribution in [3.63, 3.8) is 0 Å². The van der Waals surface area contributed by atoms with E-state index in [0.717, 1.165) is 5.56 Å². The minimum atomic E-state index is -0.789. The lowest BCUT2D eigenvalue weighted by Crippen LogP contribution is -2.17. The van der Waals surface area contributed by atoms with Gasteiger partial charge in [0.2, 0.25) is 0 Å². The number of pyridine rings is 1. The highest BCUT2D eigenvalue weighted by molar-refractivity contribution is 5.76. The van der Waals surface area contributed by atoms with Gasteiger partial charge in [0.05, 0.1) is 5.92 Å². The fourth-order valence-electron chi connectivity index (χ4n) is 1.37. The van der Waals surface area contributed by atoms with Crippen molar-refractivity contribution in [3.05, 3.63) is 30.1 Å². The van der Waals surface area contributed by atoms with Gasteiger partial charge in [-0.2, -0.15) is 0 Å². The van der Waals surface area contributed by atoms with Crippen molar-refractivity contribution < 1.29 is 9.90 Å². The molecule has 3 nitrogen and oxygen atoms in total. The molecule has 0 spiro atoms. The molecule has 0 aliphatic heterocycles. The lowest BCUT2D eigenvalue weighted by molar-refractivity contribution is -0.139. The van der Waals surface area contributed by atoms with Crippen LogP contribution in [-0.2, 0) is 4.79 Å². The third-order valence-corrected chi connectivity index (χ3v) is 1.98. The van der Waals surface area contributed by atoms with Crippen molar-refractivity contribution in [1.29, 1.82) is 0 Å². The predicted octanol–water partition coefficient (Wildman–Crippen LogP) is 1.91. The third-order valence-electron chi connectivity index (χ3n) is 1.98. The Labute approximate surface area is 77.4 Å². The van der Waals surface area contributed by atoms with Gasteiger partial charge in [-0.15, -0.1) is 0 Å². The Bertz CT molecular complexity index is 282. The number of hydrogen-bond donors (Lipinski definition) is 1. The van der Waals surface area contributed by atoms with E-state index in [-0.39, 0.29) is 5.92 Å². The van der Waals surface area contributed by atoms with E-state index in [4.69, 9.17) is 5.11 Å². The number of aliphatic carboxylic acids is 1. The first-order valence-corrected chi connectivity index (χ1v) is 4.25. The summed E-state index contributed by atoms with van der Waals surface area (Å²) < 4.78 is 0. The first-order chi connectivity index (χ1) is 6.13. The van der Waals surface area contributed by atoms with Gasteiger partial charge in [-0.3, -0.25) is 9.78 Å². The van der Waals surface area contributed by atoms with Gasteiger partial charge in [0.25, 0.3) is 0 Å². The molecule has 70 valence electrons. The first kappa shape index (κ1) is 9.71. The van der Waals surface area contributed by atoms with E-state index >= 15 is 0 Å². The SMILES string of the molecule is CC(C)[C@H](C(=O)O)c1cccnc1. The summed E-state index contributed by atoms with van der Waals surface area (Å²) in [5, 5.41) is 8.97. The molecule has 13 heavy (non-hydrogen) atoms. The van der Waals surface area contributed by atoms with Crippen LogP contribution in [0.4, 0.5) is 0 Å². The number of hydrogen-bond acceptors (Lipinski definition) is 2. The van der Waals surface area contributed by atoms with E-state index < -0.39 is 11.9 Å². The van der Waals surface area contributed by atoms with Gasteiger partial charge in [0.15, 0.2) is 0 Å². The fraction of sp³-hybridized carbons (Fsp3) is 0.400. The van der Waals surface area contributed by atoms with E-state index in [9.17, 15) is 4.79 Å². The molecular formula is C10H13NO2. The number of carboxylic acids is 1. The van der Waals surface area contributed by atoms with E-state index in [2.05, 4.69) is 4.98 Å². The van der Waals surface area contributed by atoms with Crippen molar-refractivity contribution in [1.82, 2.24) is 4.98 Å². The van der Waals surface area contributed by atoms with Gasteiger partial charge in [-0.25, -0.2) is 0 Å². The quantitative estimate of drug-likeness (QED) is 0.771. The summed E-state index contributed by atoms with van der Waals surface area (Å²) in [5.41, 5.74) is 0.769. The van der Waals surface area contributed by atoms with Crippen molar-refractivity contribution in [3.8, 4) is 0 Å². The number of carboxylic acid groups (broad SMARTS) is 1. The Balaban J connectivity index is 2.96. The van der Waals surface area contributed by atoms with Crippen LogP contribution in [-0.4, -0.2) is 16.1 Å². The average molecular weight is 179 g/mol. The molecule has 0 unspecified atom stereocenters. The molecule has 0 aromatic carbocycles. The van der Waals surface area contributed by atoms with Crippen LogP contribution < -0.4 is 0 Å².